The number of sulfonamides is 1. The Bertz CT molecular complexity index is 1410. The molecule has 4 N–H and O–H groups in total. The van der Waals surface area contributed by atoms with Crippen LogP contribution in [0.15, 0.2) is 69.8 Å². The van der Waals surface area contributed by atoms with Gasteiger partial charge >= 0.3 is 6.18 Å². The SMILES string of the molecule is O=S(=O)(Nc1cc(Sc2ncn[nH]2)c(O)c2ccccc12)c1ccc(O)c(C(F)(F)F)c1. The van der Waals surface area contributed by atoms with E-state index in [-0.39, 0.29) is 16.3 Å². The number of phenols is 2. The van der Waals surface area contributed by atoms with Gasteiger partial charge in [0.25, 0.3) is 10.0 Å². The molecule has 4 aromatic rings. The van der Waals surface area contributed by atoms with E-state index in [1.54, 1.807) is 24.3 Å². The van der Waals surface area contributed by atoms with Crippen molar-refractivity contribution in [3.8, 4) is 11.5 Å². The third-order valence-electron chi connectivity index (χ3n) is 4.41. The van der Waals surface area contributed by atoms with Gasteiger partial charge < -0.3 is 10.2 Å². The fourth-order valence-electron chi connectivity index (χ4n) is 2.96. The minimum atomic E-state index is -4.94. The Hall–Kier alpha value is -3.45. The Balaban J connectivity index is 1.81. The Morgan fingerprint density at radius 3 is 2.41 bits per heavy atom. The van der Waals surface area contributed by atoms with Crippen molar-refractivity contribution in [3.63, 3.8) is 0 Å². The molecular weight excluding hydrogens is 469 g/mol. The van der Waals surface area contributed by atoms with Gasteiger partial charge in [0.05, 0.1) is 21.0 Å². The van der Waals surface area contributed by atoms with Crippen molar-refractivity contribution in [1.82, 2.24) is 15.2 Å². The van der Waals surface area contributed by atoms with Gasteiger partial charge in [-0.3, -0.25) is 9.82 Å². The van der Waals surface area contributed by atoms with Crippen LogP contribution in [0.3, 0.4) is 0 Å². The second-order valence-electron chi connectivity index (χ2n) is 6.49. The molecule has 13 heteroatoms. The van der Waals surface area contributed by atoms with E-state index in [9.17, 15) is 31.8 Å². The molecule has 1 heterocycles. The molecule has 0 fully saturated rings. The summed E-state index contributed by atoms with van der Waals surface area (Å²) < 4.78 is 67.4. The normalized spacial score (nSPS) is 12.2. The highest BCUT2D eigenvalue weighted by Gasteiger charge is 2.35. The average molecular weight is 482 g/mol. The zero-order valence-electron chi connectivity index (χ0n) is 15.8. The van der Waals surface area contributed by atoms with Crippen LogP contribution in [0.2, 0.25) is 0 Å². The molecule has 0 radical (unpaired) electrons. The van der Waals surface area contributed by atoms with E-state index in [0.717, 1.165) is 17.8 Å². The summed E-state index contributed by atoms with van der Waals surface area (Å²) >= 11 is 0.984. The van der Waals surface area contributed by atoms with Gasteiger partial charge in [-0.05, 0) is 36.0 Å². The lowest BCUT2D eigenvalue weighted by Gasteiger charge is -2.15. The molecule has 0 aliphatic rings. The number of aromatic nitrogens is 3. The first-order valence-electron chi connectivity index (χ1n) is 8.77. The second-order valence-corrected chi connectivity index (χ2v) is 9.20. The minimum absolute atomic E-state index is 0.0297. The van der Waals surface area contributed by atoms with E-state index < -0.39 is 32.4 Å². The Labute approximate surface area is 183 Å². The summed E-state index contributed by atoms with van der Waals surface area (Å²) in [6.45, 7) is 0. The van der Waals surface area contributed by atoms with Crippen LogP contribution in [0.4, 0.5) is 18.9 Å². The van der Waals surface area contributed by atoms with E-state index in [2.05, 4.69) is 19.9 Å². The van der Waals surface area contributed by atoms with E-state index in [0.29, 0.717) is 28.1 Å². The molecule has 0 aliphatic carbocycles. The largest absolute Gasteiger partial charge is 0.507 e. The van der Waals surface area contributed by atoms with Gasteiger partial charge in [0, 0.05) is 10.8 Å². The molecule has 0 atom stereocenters. The van der Waals surface area contributed by atoms with E-state index >= 15 is 0 Å². The number of nitrogens with one attached hydrogen (secondary N) is 2. The number of benzene rings is 3. The number of anilines is 1. The van der Waals surface area contributed by atoms with Crippen LogP contribution in [0, 0.1) is 0 Å². The molecular formula is C19H13F3N4O4S2. The highest BCUT2D eigenvalue weighted by molar-refractivity contribution is 7.99. The average Bonchev–Trinajstić information content (AvgIpc) is 3.24. The maximum Gasteiger partial charge on any atom is 0.419 e. The van der Waals surface area contributed by atoms with E-state index in [1.807, 2.05) is 0 Å². The number of rotatable bonds is 5. The summed E-state index contributed by atoms with van der Waals surface area (Å²) in [4.78, 5) is 3.49. The number of hydrogen-bond donors (Lipinski definition) is 4. The third-order valence-corrected chi connectivity index (χ3v) is 6.69. The van der Waals surface area contributed by atoms with Gasteiger partial charge in [-0.1, -0.05) is 24.3 Å². The molecule has 0 aliphatic heterocycles. The van der Waals surface area contributed by atoms with Crippen LogP contribution >= 0.6 is 11.8 Å². The molecule has 32 heavy (non-hydrogen) atoms. The number of H-pyrrole nitrogens is 1. The molecule has 0 unspecified atom stereocenters. The summed E-state index contributed by atoms with van der Waals surface area (Å²) in [5, 5.41) is 27.4. The fourth-order valence-corrected chi connectivity index (χ4v) is 4.84. The molecule has 0 spiro atoms. The van der Waals surface area contributed by atoms with Gasteiger partial charge in [0.2, 0.25) is 0 Å². The Morgan fingerprint density at radius 1 is 1.03 bits per heavy atom. The number of halogens is 3. The monoisotopic (exact) mass is 482 g/mol. The van der Waals surface area contributed by atoms with Crippen LogP contribution in [0.5, 0.6) is 11.5 Å². The van der Waals surface area contributed by atoms with Crippen molar-refractivity contribution >= 4 is 38.2 Å². The molecule has 8 nitrogen and oxygen atoms in total. The first kappa shape index (κ1) is 21.8. The molecule has 0 bridgehead atoms. The first-order chi connectivity index (χ1) is 15.1. The van der Waals surface area contributed by atoms with E-state index in [4.69, 9.17) is 0 Å². The van der Waals surface area contributed by atoms with Gasteiger partial charge in [-0.15, -0.1) is 0 Å². The zero-order chi connectivity index (χ0) is 23.1. The van der Waals surface area contributed by atoms with Crippen molar-refractivity contribution in [2.75, 3.05) is 4.72 Å². The van der Waals surface area contributed by atoms with Crippen LogP contribution in [-0.2, 0) is 16.2 Å². The predicted molar refractivity (Wildman–Crippen MR) is 110 cm³/mol. The lowest BCUT2D eigenvalue weighted by atomic mass is 10.1. The van der Waals surface area contributed by atoms with Gasteiger partial charge in [-0.2, -0.15) is 18.3 Å². The van der Waals surface area contributed by atoms with Crippen molar-refractivity contribution < 1.29 is 31.8 Å². The van der Waals surface area contributed by atoms with Crippen LogP contribution in [0.25, 0.3) is 10.8 Å². The standard InChI is InChI=1S/C19H13F3N4O4S2/c20-19(21,22)13-7-10(5-6-15(13)27)32(29,30)26-14-8-16(31-18-23-9-24-25-18)17(28)12-4-2-1-3-11(12)14/h1-9,26-28H,(H,23,24,25). The van der Waals surface area contributed by atoms with E-state index in [1.165, 1.54) is 12.4 Å². The number of alkyl halides is 3. The summed E-state index contributed by atoms with van der Waals surface area (Å²) in [7, 11) is -4.48. The maximum absolute atomic E-state index is 13.1. The van der Waals surface area contributed by atoms with Crippen LogP contribution in [-0.4, -0.2) is 33.8 Å². The zero-order valence-corrected chi connectivity index (χ0v) is 17.4. The number of aromatic hydroxyl groups is 2. The summed E-state index contributed by atoms with van der Waals surface area (Å²) in [6, 6.07) is 9.59. The molecule has 1 aromatic heterocycles. The molecule has 166 valence electrons. The summed E-state index contributed by atoms with van der Waals surface area (Å²) in [5.74, 6) is -1.22. The van der Waals surface area contributed by atoms with Crippen molar-refractivity contribution in [2.45, 2.75) is 21.1 Å². The van der Waals surface area contributed by atoms with Crippen LogP contribution in [0.1, 0.15) is 5.56 Å². The Morgan fingerprint density at radius 2 is 1.75 bits per heavy atom. The summed E-state index contributed by atoms with van der Waals surface area (Å²) in [5.41, 5.74) is -1.44. The number of aromatic amines is 1. The lowest BCUT2D eigenvalue weighted by molar-refractivity contribution is -0.138. The molecule has 4 rings (SSSR count). The lowest BCUT2D eigenvalue weighted by Crippen LogP contribution is -2.15. The fraction of sp³-hybridized carbons (Fsp3) is 0.0526. The predicted octanol–water partition coefficient (Wildman–Crippen LogP) is 4.34. The number of phenolic OH excluding ortho intramolecular Hbond substituents is 2. The van der Waals surface area contributed by atoms with Crippen molar-refractivity contribution in [1.29, 1.82) is 0 Å². The first-order valence-corrected chi connectivity index (χ1v) is 11.1. The van der Waals surface area contributed by atoms with Gasteiger partial charge in [0.1, 0.15) is 17.8 Å². The van der Waals surface area contributed by atoms with Crippen LogP contribution < -0.4 is 4.72 Å². The maximum atomic E-state index is 13.1. The third kappa shape index (κ3) is 4.16. The topological polar surface area (TPSA) is 128 Å². The quantitative estimate of drug-likeness (QED) is 0.312. The smallest absolute Gasteiger partial charge is 0.419 e. The second kappa shape index (κ2) is 7.91. The number of hydrogen-bond acceptors (Lipinski definition) is 7. The number of fused-ring (bicyclic) bond motifs is 1. The molecule has 0 amide bonds. The Kier molecular flexibility index (Phi) is 5.38. The van der Waals surface area contributed by atoms with Gasteiger partial charge in [-0.25, -0.2) is 13.4 Å². The van der Waals surface area contributed by atoms with Gasteiger partial charge in [0.15, 0.2) is 5.16 Å². The highest BCUT2D eigenvalue weighted by atomic mass is 32.2. The molecule has 3 aromatic carbocycles. The highest BCUT2D eigenvalue weighted by Crippen LogP contribution is 2.42. The molecule has 0 saturated carbocycles. The minimum Gasteiger partial charge on any atom is -0.507 e. The summed E-state index contributed by atoms with van der Waals surface area (Å²) in [6.07, 6.45) is -3.69. The number of nitrogens with zero attached hydrogens (tertiary/aromatic N) is 2. The molecule has 0 saturated heterocycles. The van der Waals surface area contributed by atoms with Crippen molar-refractivity contribution in [2.24, 2.45) is 0 Å². The van der Waals surface area contributed by atoms with Crippen molar-refractivity contribution in [3.05, 3.63) is 60.4 Å².